The molecule has 82 valence electrons. The monoisotopic (exact) mass is 218 g/mol. The van der Waals surface area contributed by atoms with E-state index in [4.69, 9.17) is 0 Å². The van der Waals surface area contributed by atoms with Crippen LogP contribution in [0.4, 0.5) is 0 Å². The van der Waals surface area contributed by atoms with E-state index in [1.165, 1.54) is 0 Å². The highest BCUT2D eigenvalue weighted by atomic mass is 16.5. The third-order valence-corrected chi connectivity index (χ3v) is 2.35. The lowest BCUT2D eigenvalue weighted by Crippen LogP contribution is -2.05. The first-order valence-corrected chi connectivity index (χ1v) is 4.80. The number of rotatable bonds is 1. The molecule has 2 rings (SSSR count). The number of esters is 1. The van der Waals surface area contributed by atoms with Crippen LogP contribution >= 0.6 is 0 Å². The zero-order valence-electron chi connectivity index (χ0n) is 8.69. The van der Waals surface area contributed by atoms with Gasteiger partial charge in [-0.25, -0.2) is 4.79 Å². The van der Waals surface area contributed by atoms with E-state index in [0.717, 1.165) is 5.56 Å². The molecule has 0 radical (unpaired) electrons. The van der Waals surface area contributed by atoms with Crippen molar-refractivity contribution in [3.8, 4) is 0 Å². The van der Waals surface area contributed by atoms with E-state index in [0.29, 0.717) is 5.56 Å². The van der Waals surface area contributed by atoms with Crippen LogP contribution in [0.25, 0.3) is 5.76 Å². The number of carbonyl (C=O) groups excluding carboxylic acids is 2. The Kier molecular flexibility index (Phi) is 2.48. The van der Waals surface area contributed by atoms with Crippen molar-refractivity contribution in [2.75, 3.05) is 6.61 Å². The van der Waals surface area contributed by atoms with Gasteiger partial charge in [-0.3, -0.25) is 4.79 Å². The molecule has 4 nitrogen and oxygen atoms in total. The van der Waals surface area contributed by atoms with Crippen molar-refractivity contribution in [3.05, 3.63) is 41.0 Å². The van der Waals surface area contributed by atoms with Gasteiger partial charge in [0, 0.05) is 5.56 Å². The maximum absolute atomic E-state index is 11.3. The van der Waals surface area contributed by atoms with Gasteiger partial charge >= 0.3 is 5.97 Å². The summed E-state index contributed by atoms with van der Waals surface area (Å²) in [6.45, 7) is 1.57. The van der Waals surface area contributed by atoms with Gasteiger partial charge < -0.3 is 9.84 Å². The van der Waals surface area contributed by atoms with Crippen LogP contribution in [0.1, 0.15) is 11.1 Å². The molecule has 0 amide bonds. The molecule has 0 aliphatic carbocycles. The minimum atomic E-state index is -0.760. The summed E-state index contributed by atoms with van der Waals surface area (Å²) in [5, 5.41) is 9.84. The molecule has 1 aromatic rings. The van der Waals surface area contributed by atoms with Crippen LogP contribution in [-0.4, -0.2) is 23.5 Å². The van der Waals surface area contributed by atoms with Gasteiger partial charge in [-0.2, -0.15) is 0 Å². The van der Waals surface area contributed by atoms with Crippen LogP contribution < -0.4 is 0 Å². The van der Waals surface area contributed by atoms with Crippen molar-refractivity contribution in [3.63, 3.8) is 0 Å². The summed E-state index contributed by atoms with van der Waals surface area (Å²) in [4.78, 5) is 22.5. The number of hydrogen-bond donors (Lipinski definition) is 1. The number of aliphatic hydroxyl groups is 1. The molecule has 1 N–H and O–H groups in total. The molecule has 1 saturated heterocycles. The van der Waals surface area contributed by atoms with Crippen LogP contribution in [0.2, 0.25) is 0 Å². The molecule has 0 unspecified atom stereocenters. The molecular formula is C12H10O4. The summed E-state index contributed by atoms with van der Waals surface area (Å²) in [7, 11) is 0. The Labute approximate surface area is 92.2 Å². The van der Waals surface area contributed by atoms with Crippen molar-refractivity contribution in [2.45, 2.75) is 6.92 Å². The van der Waals surface area contributed by atoms with Crippen LogP contribution in [0.5, 0.6) is 0 Å². The van der Waals surface area contributed by atoms with Crippen molar-refractivity contribution in [2.24, 2.45) is 0 Å². The standard InChI is InChI=1S/C12H10O4/c1-7-3-2-4-8(5-7)11(14)10-9(13)6-16-12(10)15/h2-5,14H,6H2,1H3/b11-10-. The number of carbonyl (C=O) groups is 2. The lowest BCUT2D eigenvalue weighted by Gasteiger charge is -2.02. The fraction of sp³-hybridized carbons (Fsp3) is 0.167. The number of hydrogen-bond acceptors (Lipinski definition) is 4. The lowest BCUT2D eigenvalue weighted by atomic mass is 10.0. The predicted molar refractivity (Wildman–Crippen MR) is 56.7 cm³/mol. The number of cyclic esters (lactones) is 1. The Morgan fingerprint density at radius 2 is 2.12 bits per heavy atom. The number of benzene rings is 1. The fourth-order valence-corrected chi connectivity index (χ4v) is 1.55. The van der Waals surface area contributed by atoms with Gasteiger partial charge in [-0.15, -0.1) is 0 Å². The average molecular weight is 218 g/mol. The molecule has 16 heavy (non-hydrogen) atoms. The molecule has 1 aromatic carbocycles. The number of aliphatic hydroxyl groups excluding tert-OH is 1. The molecule has 4 heteroatoms. The molecule has 0 spiro atoms. The number of ketones is 1. The van der Waals surface area contributed by atoms with E-state index >= 15 is 0 Å². The Bertz CT molecular complexity index is 481. The summed E-state index contributed by atoms with van der Waals surface area (Å²) in [6.07, 6.45) is 0. The Balaban J connectivity index is 2.52. The second-order valence-corrected chi connectivity index (χ2v) is 3.59. The minimum Gasteiger partial charge on any atom is -0.506 e. The summed E-state index contributed by atoms with van der Waals surface area (Å²) in [5.74, 6) is -1.55. The fourth-order valence-electron chi connectivity index (χ4n) is 1.55. The van der Waals surface area contributed by atoms with Gasteiger partial charge in [-0.05, 0) is 13.0 Å². The van der Waals surface area contributed by atoms with Gasteiger partial charge in [-0.1, -0.05) is 23.8 Å². The second-order valence-electron chi connectivity index (χ2n) is 3.59. The molecule has 0 saturated carbocycles. The Morgan fingerprint density at radius 1 is 1.38 bits per heavy atom. The van der Waals surface area contributed by atoms with E-state index in [-0.39, 0.29) is 17.9 Å². The molecule has 1 heterocycles. The van der Waals surface area contributed by atoms with Crippen LogP contribution in [0.15, 0.2) is 29.8 Å². The topological polar surface area (TPSA) is 63.6 Å². The summed E-state index contributed by atoms with van der Waals surface area (Å²) >= 11 is 0. The van der Waals surface area contributed by atoms with E-state index in [2.05, 4.69) is 4.74 Å². The minimum absolute atomic E-state index is 0.259. The van der Waals surface area contributed by atoms with Crippen molar-refractivity contribution >= 4 is 17.5 Å². The maximum Gasteiger partial charge on any atom is 0.346 e. The third-order valence-electron chi connectivity index (χ3n) is 2.35. The quantitative estimate of drug-likeness (QED) is 0.335. The van der Waals surface area contributed by atoms with Crippen molar-refractivity contribution in [1.29, 1.82) is 0 Å². The van der Waals surface area contributed by atoms with Gasteiger partial charge in [0.2, 0.25) is 5.78 Å². The first kappa shape index (κ1) is 10.4. The highest BCUT2D eigenvalue weighted by Gasteiger charge is 2.32. The van der Waals surface area contributed by atoms with Crippen molar-refractivity contribution < 1.29 is 19.4 Å². The molecule has 1 fully saturated rings. The van der Waals surface area contributed by atoms with Gasteiger partial charge in [0.05, 0.1) is 0 Å². The zero-order valence-corrected chi connectivity index (χ0v) is 8.69. The van der Waals surface area contributed by atoms with E-state index in [1.807, 2.05) is 13.0 Å². The highest BCUT2D eigenvalue weighted by Crippen LogP contribution is 2.21. The van der Waals surface area contributed by atoms with Gasteiger partial charge in [0.25, 0.3) is 0 Å². The van der Waals surface area contributed by atoms with Crippen molar-refractivity contribution in [1.82, 2.24) is 0 Å². The molecule has 0 bridgehead atoms. The van der Waals surface area contributed by atoms with E-state index < -0.39 is 11.8 Å². The van der Waals surface area contributed by atoms with Gasteiger partial charge in [0.1, 0.15) is 11.3 Å². The zero-order chi connectivity index (χ0) is 11.7. The molecule has 1 aliphatic heterocycles. The third kappa shape index (κ3) is 1.69. The lowest BCUT2D eigenvalue weighted by molar-refractivity contribution is -0.135. The largest absolute Gasteiger partial charge is 0.506 e. The predicted octanol–water partition coefficient (Wildman–Crippen LogP) is 1.39. The Morgan fingerprint density at radius 3 is 2.69 bits per heavy atom. The van der Waals surface area contributed by atoms with Crippen LogP contribution in [0, 0.1) is 6.92 Å². The Hall–Kier alpha value is -2.10. The van der Waals surface area contributed by atoms with E-state index in [9.17, 15) is 14.7 Å². The maximum atomic E-state index is 11.3. The van der Waals surface area contributed by atoms with Gasteiger partial charge in [0.15, 0.2) is 6.61 Å². The molecule has 0 aromatic heterocycles. The second kappa shape index (κ2) is 3.81. The first-order valence-electron chi connectivity index (χ1n) is 4.80. The van der Waals surface area contributed by atoms with Crippen LogP contribution in [0.3, 0.4) is 0 Å². The van der Waals surface area contributed by atoms with E-state index in [1.54, 1.807) is 18.2 Å². The number of ether oxygens (including phenoxy) is 1. The summed E-state index contributed by atoms with van der Waals surface area (Å²) in [5.41, 5.74) is 1.12. The average Bonchev–Trinajstić information content (AvgIpc) is 2.58. The number of aryl methyl sites for hydroxylation is 1. The highest BCUT2D eigenvalue weighted by molar-refractivity contribution is 6.25. The molecular weight excluding hydrogens is 208 g/mol. The smallest absolute Gasteiger partial charge is 0.346 e. The first-order chi connectivity index (χ1) is 7.59. The summed E-state index contributed by atoms with van der Waals surface area (Å²) < 4.78 is 4.54. The number of Topliss-reactive ketones (excluding diaryl/α,β-unsaturated/α-hetero) is 1. The summed E-state index contributed by atoms with van der Waals surface area (Å²) in [6, 6.07) is 6.93. The SMILES string of the molecule is Cc1cccc(/C(O)=C2\C(=O)COC2=O)c1. The normalized spacial score (nSPS) is 18.6. The molecule has 1 aliphatic rings. The molecule has 0 atom stereocenters. The van der Waals surface area contributed by atoms with Crippen LogP contribution in [-0.2, 0) is 14.3 Å².